The van der Waals surface area contributed by atoms with Gasteiger partial charge in [0, 0.05) is 43.1 Å². The van der Waals surface area contributed by atoms with Crippen LogP contribution >= 0.6 is 0 Å². The third kappa shape index (κ3) is 2.81. The lowest BCUT2D eigenvalue weighted by Crippen LogP contribution is -2.33. The van der Waals surface area contributed by atoms with E-state index in [1.54, 1.807) is 21.3 Å². The molecular formula is C22H23N3O3. The van der Waals surface area contributed by atoms with Gasteiger partial charge in [0.05, 0.1) is 31.5 Å². The monoisotopic (exact) mass is 377 g/mol. The third-order valence-electron chi connectivity index (χ3n) is 5.26. The number of fused-ring (bicyclic) bond motifs is 1. The number of nitrogens with zero attached hydrogens (tertiary/aromatic N) is 2. The zero-order chi connectivity index (χ0) is 19.8. The molecule has 0 spiro atoms. The molecule has 0 saturated carbocycles. The molecule has 2 aliphatic rings. The lowest BCUT2D eigenvalue weighted by molar-refractivity contribution is -0.115. The first-order valence-electron chi connectivity index (χ1n) is 9.19. The summed E-state index contributed by atoms with van der Waals surface area (Å²) in [6.45, 7) is 1.90. The number of anilines is 2. The van der Waals surface area contributed by atoms with Gasteiger partial charge in [-0.05, 0) is 18.6 Å². The van der Waals surface area contributed by atoms with E-state index in [0.717, 1.165) is 17.1 Å². The Kier molecular flexibility index (Phi) is 4.55. The molecule has 0 radical (unpaired) electrons. The van der Waals surface area contributed by atoms with Gasteiger partial charge in [0.1, 0.15) is 17.3 Å². The minimum absolute atomic E-state index is 0.0534. The van der Waals surface area contributed by atoms with Crippen molar-refractivity contribution in [2.75, 3.05) is 31.5 Å². The van der Waals surface area contributed by atoms with Crippen molar-refractivity contribution >= 4 is 23.0 Å². The first kappa shape index (κ1) is 18.1. The van der Waals surface area contributed by atoms with Gasteiger partial charge in [-0.15, -0.1) is 0 Å². The fourth-order valence-corrected chi connectivity index (χ4v) is 3.87. The summed E-state index contributed by atoms with van der Waals surface area (Å²) in [5.74, 6) is 2.04. The van der Waals surface area contributed by atoms with E-state index in [0.29, 0.717) is 29.3 Å². The number of benzene rings is 2. The number of carbonyl (C=O) groups excluding carboxylic acids is 1. The Morgan fingerprint density at radius 2 is 1.79 bits per heavy atom. The Bertz CT molecular complexity index is 961. The predicted octanol–water partition coefficient (Wildman–Crippen LogP) is 3.43. The molecule has 144 valence electrons. The average Bonchev–Trinajstić information content (AvgIpc) is 3.25. The normalized spacial score (nSPS) is 22.4. The summed E-state index contributed by atoms with van der Waals surface area (Å²) in [5, 5.41) is 3.41. The Balaban J connectivity index is 1.80. The average molecular weight is 377 g/mol. The van der Waals surface area contributed by atoms with Crippen LogP contribution in [0.2, 0.25) is 0 Å². The van der Waals surface area contributed by atoms with Gasteiger partial charge in [0.15, 0.2) is 5.78 Å². The molecule has 2 aromatic carbocycles. The number of allylic oxidation sites excluding steroid dienone is 1. The molecule has 0 aliphatic carbocycles. The van der Waals surface area contributed by atoms with Crippen LogP contribution in [0.3, 0.4) is 0 Å². The number of rotatable bonds is 3. The molecule has 1 atom stereocenters. The molecule has 6 heteroatoms. The van der Waals surface area contributed by atoms with E-state index in [-0.39, 0.29) is 11.8 Å². The van der Waals surface area contributed by atoms with Crippen molar-refractivity contribution in [1.82, 2.24) is 0 Å². The second-order valence-electron chi connectivity index (χ2n) is 6.84. The summed E-state index contributed by atoms with van der Waals surface area (Å²) >= 11 is 0. The van der Waals surface area contributed by atoms with E-state index in [2.05, 4.69) is 16.4 Å². The fourth-order valence-electron chi connectivity index (χ4n) is 3.87. The van der Waals surface area contributed by atoms with E-state index >= 15 is 0 Å². The van der Waals surface area contributed by atoms with E-state index in [1.165, 1.54) is 5.56 Å². The Morgan fingerprint density at radius 3 is 2.39 bits per heavy atom. The molecule has 1 fully saturated rings. The summed E-state index contributed by atoms with van der Waals surface area (Å²) in [6.07, 6.45) is 0.693. The number of ether oxygens (including phenoxy) is 2. The highest BCUT2D eigenvalue weighted by Crippen LogP contribution is 2.37. The molecule has 0 bridgehead atoms. The maximum Gasteiger partial charge on any atom is 0.190 e. The number of amidine groups is 1. The van der Waals surface area contributed by atoms with Gasteiger partial charge in [0.25, 0.3) is 0 Å². The Labute approximate surface area is 164 Å². The number of Topliss-reactive ketones (excluding diaryl/α,β-unsaturated/α-hetero) is 1. The topological polar surface area (TPSA) is 63.2 Å². The Morgan fingerprint density at radius 1 is 1.11 bits per heavy atom. The van der Waals surface area contributed by atoms with Gasteiger partial charge in [-0.3, -0.25) is 9.79 Å². The van der Waals surface area contributed by atoms with Crippen LogP contribution in [0.5, 0.6) is 11.5 Å². The minimum Gasteiger partial charge on any atom is -0.497 e. The molecule has 0 unspecified atom stereocenters. The van der Waals surface area contributed by atoms with Crippen LogP contribution in [0.25, 0.3) is 0 Å². The number of carbonyl (C=O) groups is 1. The van der Waals surface area contributed by atoms with Crippen molar-refractivity contribution in [2.45, 2.75) is 19.4 Å². The van der Waals surface area contributed by atoms with E-state index in [1.807, 2.05) is 48.2 Å². The van der Waals surface area contributed by atoms with Gasteiger partial charge in [-0.25, -0.2) is 0 Å². The van der Waals surface area contributed by atoms with Crippen LogP contribution in [-0.4, -0.2) is 38.9 Å². The van der Waals surface area contributed by atoms with Crippen molar-refractivity contribution in [2.24, 2.45) is 4.99 Å². The van der Waals surface area contributed by atoms with Gasteiger partial charge in [-0.1, -0.05) is 18.2 Å². The number of hydrogen-bond donors (Lipinski definition) is 1. The minimum atomic E-state index is -0.372. The molecule has 2 aliphatic heterocycles. The summed E-state index contributed by atoms with van der Waals surface area (Å²) in [5.41, 5.74) is 4.58. The largest absolute Gasteiger partial charge is 0.497 e. The molecule has 2 aromatic rings. The lowest BCUT2D eigenvalue weighted by atomic mass is 10.1. The van der Waals surface area contributed by atoms with Crippen molar-refractivity contribution in [3.63, 3.8) is 0 Å². The van der Waals surface area contributed by atoms with Crippen molar-refractivity contribution in [3.05, 3.63) is 59.3 Å². The van der Waals surface area contributed by atoms with Crippen molar-refractivity contribution in [3.8, 4) is 11.5 Å². The lowest BCUT2D eigenvalue weighted by Gasteiger charge is -2.24. The van der Waals surface area contributed by atoms with Gasteiger partial charge < -0.3 is 19.7 Å². The molecule has 1 N–H and O–H groups in total. The van der Waals surface area contributed by atoms with Crippen molar-refractivity contribution in [1.29, 1.82) is 0 Å². The number of methoxy groups -OCH3 is 2. The highest BCUT2D eigenvalue weighted by Gasteiger charge is 2.42. The van der Waals surface area contributed by atoms with E-state index in [9.17, 15) is 4.79 Å². The highest BCUT2D eigenvalue weighted by molar-refractivity contribution is 6.36. The molecule has 6 nitrogen and oxygen atoms in total. The zero-order valence-corrected chi connectivity index (χ0v) is 16.4. The van der Waals surface area contributed by atoms with Crippen LogP contribution < -0.4 is 19.7 Å². The Hall–Kier alpha value is -3.28. The number of ketones is 1. The summed E-state index contributed by atoms with van der Waals surface area (Å²) in [4.78, 5) is 19.7. The summed E-state index contributed by atoms with van der Waals surface area (Å²) in [7, 11) is 4.94. The first-order chi connectivity index (χ1) is 13.6. The summed E-state index contributed by atoms with van der Waals surface area (Å²) < 4.78 is 10.8. The molecule has 0 amide bonds. The fraction of sp³-hybridized carbons (Fsp3) is 0.273. The van der Waals surface area contributed by atoms with E-state index in [4.69, 9.17) is 9.47 Å². The maximum absolute atomic E-state index is 13.2. The SMILES string of the molecule is CN=C1C(=C2Cc3ccccc3N2)C(=O)[C@H](C)N1c1cc(OC)cc(OC)c1. The smallest absolute Gasteiger partial charge is 0.190 e. The maximum atomic E-state index is 13.2. The zero-order valence-electron chi connectivity index (χ0n) is 16.4. The number of hydrogen-bond acceptors (Lipinski definition) is 5. The van der Waals surface area contributed by atoms with Crippen LogP contribution in [0.1, 0.15) is 12.5 Å². The van der Waals surface area contributed by atoms with Crippen LogP contribution in [0.15, 0.2) is 58.7 Å². The third-order valence-corrected chi connectivity index (χ3v) is 5.26. The highest BCUT2D eigenvalue weighted by atomic mass is 16.5. The number of aliphatic imine (C=N–C) groups is 1. The van der Waals surface area contributed by atoms with Crippen LogP contribution in [0, 0.1) is 0 Å². The van der Waals surface area contributed by atoms with Gasteiger partial charge in [0.2, 0.25) is 0 Å². The molecular weight excluding hydrogens is 354 g/mol. The van der Waals surface area contributed by atoms with Crippen LogP contribution in [-0.2, 0) is 11.2 Å². The molecule has 4 rings (SSSR count). The second kappa shape index (κ2) is 7.03. The van der Waals surface area contributed by atoms with Gasteiger partial charge >= 0.3 is 0 Å². The molecule has 1 saturated heterocycles. The summed E-state index contributed by atoms with van der Waals surface area (Å²) in [6, 6.07) is 13.3. The van der Waals surface area contributed by atoms with Crippen LogP contribution in [0.4, 0.5) is 11.4 Å². The number of nitrogens with one attached hydrogen (secondary N) is 1. The predicted molar refractivity (Wildman–Crippen MR) is 111 cm³/mol. The van der Waals surface area contributed by atoms with Crippen molar-refractivity contribution < 1.29 is 14.3 Å². The van der Waals surface area contributed by atoms with Gasteiger partial charge in [-0.2, -0.15) is 0 Å². The molecule has 28 heavy (non-hydrogen) atoms. The first-order valence-corrected chi connectivity index (χ1v) is 9.19. The number of para-hydroxylation sites is 1. The quantitative estimate of drug-likeness (QED) is 0.831. The van der Waals surface area contributed by atoms with E-state index < -0.39 is 0 Å². The standard InChI is InChI=1S/C22H23N3O3/c1-13-21(26)20(19-9-14-7-5-6-8-18(14)24-19)22(23-2)25(13)15-10-16(27-3)12-17(11-15)28-4/h5-8,10-13,24H,9H2,1-4H3/t13-/m0/s1. The molecule has 0 aromatic heterocycles. The molecule has 2 heterocycles. The second-order valence-corrected chi connectivity index (χ2v) is 6.84.